The van der Waals surface area contributed by atoms with Crippen LogP contribution in [0, 0.1) is 0 Å². The van der Waals surface area contributed by atoms with Gasteiger partial charge < -0.3 is 10.6 Å². The minimum atomic E-state index is -0.0394. The molecule has 17 heavy (non-hydrogen) atoms. The first-order valence-corrected chi connectivity index (χ1v) is 6.18. The molecular weight excluding hydrogens is 216 g/mol. The van der Waals surface area contributed by atoms with Crippen LogP contribution in [0.15, 0.2) is 12.3 Å². The molecule has 0 bridgehead atoms. The lowest BCUT2D eigenvalue weighted by Gasteiger charge is -2.32. The van der Waals surface area contributed by atoms with Crippen LogP contribution in [-0.2, 0) is 11.8 Å². The number of nitrogens with zero attached hydrogens (tertiary/aromatic N) is 3. The number of nitrogens with two attached hydrogens (primary N) is 1. The first-order chi connectivity index (χ1) is 8.15. The van der Waals surface area contributed by atoms with Crippen LogP contribution in [0.4, 0.5) is 0 Å². The fraction of sp³-hybridized carbons (Fsp3) is 0.667. The molecule has 2 atom stereocenters. The van der Waals surface area contributed by atoms with Gasteiger partial charge in [-0.15, -0.1) is 0 Å². The number of likely N-dealkylation sites (N-methyl/N-ethyl adjacent to an activating group) is 1. The summed E-state index contributed by atoms with van der Waals surface area (Å²) in [4.78, 5) is 13.9. The van der Waals surface area contributed by atoms with Crippen LogP contribution in [0.1, 0.15) is 37.9 Å². The molecule has 2 N–H and O–H groups in total. The molecule has 0 aliphatic carbocycles. The number of likely N-dealkylation sites (tertiary alicyclic amines) is 1. The van der Waals surface area contributed by atoms with E-state index in [0.29, 0.717) is 13.0 Å². The molecule has 1 fully saturated rings. The summed E-state index contributed by atoms with van der Waals surface area (Å²) in [5, 5.41) is 4.17. The van der Waals surface area contributed by atoms with Crippen LogP contribution in [0.25, 0.3) is 0 Å². The van der Waals surface area contributed by atoms with E-state index in [1.807, 2.05) is 29.6 Å². The summed E-state index contributed by atoms with van der Waals surface area (Å²) in [5.41, 5.74) is 7.26. The van der Waals surface area contributed by atoms with Crippen LogP contribution in [0.2, 0.25) is 0 Å². The van der Waals surface area contributed by atoms with Crippen LogP contribution >= 0.6 is 0 Å². The highest BCUT2D eigenvalue weighted by Gasteiger charge is 2.33. The Kier molecular flexibility index (Phi) is 3.47. The van der Waals surface area contributed by atoms with E-state index in [0.717, 1.165) is 18.5 Å². The molecule has 5 nitrogen and oxygen atoms in total. The standard InChI is InChI=1S/C12H20N4O/c1-3-16-11(17)6-4-5-9(13)12(16)10-7-8-14-15(10)2/h7-9,12H,3-6,13H2,1-2H3. The molecule has 1 aliphatic rings. The van der Waals surface area contributed by atoms with Gasteiger partial charge in [-0.3, -0.25) is 9.48 Å². The van der Waals surface area contributed by atoms with Gasteiger partial charge >= 0.3 is 0 Å². The van der Waals surface area contributed by atoms with Crippen molar-refractivity contribution in [3.05, 3.63) is 18.0 Å². The highest BCUT2D eigenvalue weighted by Crippen LogP contribution is 2.29. The van der Waals surface area contributed by atoms with Gasteiger partial charge in [0, 0.05) is 32.3 Å². The zero-order valence-corrected chi connectivity index (χ0v) is 10.5. The predicted octanol–water partition coefficient (Wildman–Crippen LogP) is 0.821. The maximum atomic E-state index is 12.0. The van der Waals surface area contributed by atoms with Crippen molar-refractivity contribution in [1.82, 2.24) is 14.7 Å². The largest absolute Gasteiger partial charge is 0.333 e. The second-order valence-corrected chi connectivity index (χ2v) is 4.56. The average molecular weight is 236 g/mol. The number of hydrogen-bond acceptors (Lipinski definition) is 3. The molecule has 2 heterocycles. The Labute approximate surface area is 102 Å². The maximum absolute atomic E-state index is 12.0. The first kappa shape index (κ1) is 12.1. The fourth-order valence-electron chi connectivity index (χ4n) is 2.60. The zero-order chi connectivity index (χ0) is 12.4. The van der Waals surface area contributed by atoms with Gasteiger partial charge in [-0.1, -0.05) is 0 Å². The van der Waals surface area contributed by atoms with Crippen molar-refractivity contribution in [2.75, 3.05) is 6.54 Å². The number of rotatable bonds is 2. The quantitative estimate of drug-likeness (QED) is 0.827. The molecule has 1 aromatic rings. The molecule has 1 aliphatic heterocycles. The maximum Gasteiger partial charge on any atom is 0.223 e. The predicted molar refractivity (Wildman–Crippen MR) is 65.2 cm³/mol. The number of amides is 1. The van der Waals surface area contributed by atoms with E-state index >= 15 is 0 Å². The van der Waals surface area contributed by atoms with Gasteiger partial charge in [-0.05, 0) is 25.8 Å². The minimum Gasteiger partial charge on any atom is -0.333 e. The van der Waals surface area contributed by atoms with E-state index in [4.69, 9.17) is 5.73 Å². The van der Waals surface area contributed by atoms with Crippen molar-refractivity contribution in [2.24, 2.45) is 12.8 Å². The monoisotopic (exact) mass is 236 g/mol. The summed E-state index contributed by atoms with van der Waals surface area (Å²) in [6.45, 7) is 2.70. The summed E-state index contributed by atoms with van der Waals surface area (Å²) in [7, 11) is 1.89. The van der Waals surface area contributed by atoms with Crippen molar-refractivity contribution < 1.29 is 4.79 Å². The van der Waals surface area contributed by atoms with Gasteiger partial charge in [-0.2, -0.15) is 5.10 Å². The second kappa shape index (κ2) is 4.87. The van der Waals surface area contributed by atoms with Crippen molar-refractivity contribution in [3.63, 3.8) is 0 Å². The number of carbonyl (C=O) groups is 1. The van der Waals surface area contributed by atoms with E-state index in [9.17, 15) is 4.79 Å². The number of carbonyl (C=O) groups excluding carboxylic acids is 1. The molecule has 0 radical (unpaired) electrons. The Hall–Kier alpha value is -1.36. The molecule has 1 aromatic heterocycles. The molecule has 1 amide bonds. The molecule has 2 rings (SSSR count). The first-order valence-electron chi connectivity index (χ1n) is 6.18. The minimum absolute atomic E-state index is 0.00296. The number of hydrogen-bond donors (Lipinski definition) is 1. The summed E-state index contributed by atoms with van der Waals surface area (Å²) in [6, 6.07) is 1.91. The second-order valence-electron chi connectivity index (χ2n) is 4.56. The Morgan fingerprint density at radius 3 is 2.94 bits per heavy atom. The number of aryl methyl sites for hydroxylation is 1. The van der Waals surface area contributed by atoms with Crippen LogP contribution < -0.4 is 5.73 Å². The van der Waals surface area contributed by atoms with Crippen molar-refractivity contribution in [3.8, 4) is 0 Å². The van der Waals surface area contributed by atoms with Gasteiger partial charge in [-0.25, -0.2) is 0 Å². The van der Waals surface area contributed by atoms with Crippen molar-refractivity contribution in [2.45, 2.75) is 38.3 Å². The van der Waals surface area contributed by atoms with Gasteiger partial charge in [0.05, 0.1) is 11.7 Å². The molecule has 5 heteroatoms. The van der Waals surface area contributed by atoms with E-state index in [1.165, 1.54) is 0 Å². The van der Waals surface area contributed by atoms with Crippen LogP contribution in [0.3, 0.4) is 0 Å². The van der Waals surface area contributed by atoms with Gasteiger partial charge in [0.1, 0.15) is 0 Å². The summed E-state index contributed by atoms with van der Waals surface area (Å²) in [6.07, 6.45) is 4.13. The van der Waals surface area contributed by atoms with Gasteiger partial charge in [0.2, 0.25) is 5.91 Å². The number of aromatic nitrogens is 2. The third-order valence-corrected chi connectivity index (χ3v) is 3.49. The van der Waals surface area contributed by atoms with E-state index in [1.54, 1.807) is 6.20 Å². The third-order valence-electron chi connectivity index (χ3n) is 3.49. The molecule has 94 valence electrons. The zero-order valence-electron chi connectivity index (χ0n) is 10.5. The smallest absolute Gasteiger partial charge is 0.223 e. The Morgan fingerprint density at radius 2 is 2.35 bits per heavy atom. The topological polar surface area (TPSA) is 64.2 Å². The van der Waals surface area contributed by atoms with E-state index in [2.05, 4.69) is 5.10 Å². The Balaban J connectivity index is 2.38. The summed E-state index contributed by atoms with van der Waals surface area (Å²) < 4.78 is 1.81. The SMILES string of the molecule is CCN1C(=O)CCCC(N)C1c1ccnn1C. The molecule has 0 saturated carbocycles. The lowest BCUT2D eigenvalue weighted by atomic mass is 10.0. The summed E-state index contributed by atoms with van der Waals surface area (Å²) in [5.74, 6) is 0.201. The Morgan fingerprint density at radius 1 is 1.59 bits per heavy atom. The molecule has 0 spiro atoms. The highest BCUT2D eigenvalue weighted by atomic mass is 16.2. The molecule has 1 saturated heterocycles. The third kappa shape index (κ3) is 2.20. The van der Waals surface area contributed by atoms with Crippen molar-refractivity contribution >= 4 is 5.91 Å². The summed E-state index contributed by atoms with van der Waals surface area (Å²) >= 11 is 0. The molecule has 2 unspecified atom stereocenters. The lowest BCUT2D eigenvalue weighted by Crippen LogP contribution is -2.42. The average Bonchev–Trinajstić information content (AvgIpc) is 2.65. The van der Waals surface area contributed by atoms with Gasteiger partial charge in [0.15, 0.2) is 0 Å². The molecule has 0 aromatic carbocycles. The Bertz CT molecular complexity index is 401. The highest BCUT2D eigenvalue weighted by molar-refractivity contribution is 5.77. The van der Waals surface area contributed by atoms with Crippen LogP contribution in [0.5, 0.6) is 0 Å². The fourth-order valence-corrected chi connectivity index (χ4v) is 2.60. The van der Waals surface area contributed by atoms with Crippen molar-refractivity contribution in [1.29, 1.82) is 0 Å². The van der Waals surface area contributed by atoms with Crippen LogP contribution in [-0.4, -0.2) is 33.2 Å². The lowest BCUT2D eigenvalue weighted by molar-refractivity contribution is -0.133. The normalized spacial score (nSPS) is 26.1. The molecular formula is C12H20N4O. The van der Waals surface area contributed by atoms with Gasteiger partial charge in [0.25, 0.3) is 0 Å². The van der Waals surface area contributed by atoms with E-state index < -0.39 is 0 Å². The van der Waals surface area contributed by atoms with E-state index in [-0.39, 0.29) is 18.0 Å².